The van der Waals surface area contributed by atoms with Gasteiger partial charge in [0.15, 0.2) is 0 Å². The van der Waals surface area contributed by atoms with Crippen molar-refractivity contribution >= 4 is 17.6 Å². The van der Waals surface area contributed by atoms with Crippen LogP contribution in [-0.4, -0.2) is 26.4 Å². The first-order valence-corrected chi connectivity index (χ1v) is 7.23. The summed E-state index contributed by atoms with van der Waals surface area (Å²) in [5.41, 5.74) is 2.13. The highest BCUT2D eigenvalue weighted by molar-refractivity contribution is 5.78. The first kappa shape index (κ1) is 15.3. The van der Waals surface area contributed by atoms with E-state index in [1.165, 1.54) is 5.69 Å². The molecule has 0 bridgehead atoms. The fraction of sp³-hybridized carbons (Fsp3) is 0.353. The molecule has 0 amide bonds. The zero-order valence-electron chi connectivity index (χ0n) is 12.9. The van der Waals surface area contributed by atoms with Crippen molar-refractivity contribution in [2.45, 2.75) is 20.5 Å². The van der Waals surface area contributed by atoms with E-state index in [2.05, 4.69) is 35.9 Å². The van der Waals surface area contributed by atoms with Gasteiger partial charge in [-0.05, 0) is 50.2 Å². The van der Waals surface area contributed by atoms with Gasteiger partial charge in [0.2, 0.25) is 0 Å². The second-order valence-electron chi connectivity index (χ2n) is 4.68. The van der Waals surface area contributed by atoms with Crippen molar-refractivity contribution in [2.24, 2.45) is 4.99 Å². The van der Waals surface area contributed by atoms with Crippen LogP contribution < -0.4 is 4.90 Å². The Morgan fingerprint density at radius 2 is 1.81 bits per heavy atom. The summed E-state index contributed by atoms with van der Waals surface area (Å²) in [6, 6.07) is 12.0. The lowest BCUT2D eigenvalue weighted by Crippen LogP contribution is -2.21. The zero-order chi connectivity index (χ0) is 15.1. The molecule has 0 fully saturated rings. The Morgan fingerprint density at radius 1 is 1.10 bits per heavy atom. The molecule has 2 aromatic rings. The Kier molecular flexibility index (Phi) is 5.58. The van der Waals surface area contributed by atoms with Crippen LogP contribution in [0.25, 0.3) is 0 Å². The van der Waals surface area contributed by atoms with Gasteiger partial charge in [-0.15, -0.1) is 0 Å². The first-order chi connectivity index (χ1) is 10.3. The number of nitrogens with zero attached hydrogens (tertiary/aromatic N) is 2. The van der Waals surface area contributed by atoms with Gasteiger partial charge >= 0.3 is 0 Å². The molecule has 0 N–H and O–H groups in total. The molecule has 0 unspecified atom stereocenters. The number of methoxy groups -OCH3 is 1. The highest BCUT2D eigenvalue weighted by atomic mass is 16.5. The van der Waals surface area contributed by atoms with E-state index in [0.717, 1.165) is 30.3 Å². The zero-order valence-corrected chi connectivity index (χ0v) is 12.9. The average molecular weight is 286 g/mol. The fourth-order valence-corrected chi connectivity index (χ4v) is 2.16. The summed E-state index contributed by atoms with van der Waals surface area (Å²) in [6.45, 7) is 6.81. The SMILES string of the molecule is CCN(CC)c1ccc(N=Cc2ccc(COC)o2)cc1. The van der Waals surface area contributed by atoms with E-state index < -0.39 is 0 Å². The quantitative estimate of drug-likeness (QED) is 0.721. The van der Waals surface area contributed by atoms with Gasteiger partial charge in [-0.3, -0.25) is 4.99 Å². The van der Waals surface area contributed by atoms with Crippen molar-refractivity contribution in [3.05, 3.63) is 47.9 Å². The van der Waals surface area contributed by atoms with Gasteiger partial charge in [-0.25, -0.2) is 0 Å². The molecule has 21 heavy (non-hydrogen) atoms. The Labute approximate surface area is 126 Å². The minimum absolute atomic E-state index is 0.479. The first-order valence-electron chi connectivity index (χ1n) is 7.23. The van der Waals surface area contributed by atoms with E-state index >= 15 is 0 Å². The highest BCUT2D eigenvalue weighted by Gasteiger charge is 2.01. The minimum atomic E-state index is 0.479. The molecular formula is C17H22N2O2. The third-order valence-electron chi connectivity index (χ3n) is 3.29. The monoisotopic (exact) mass is 286 g/mol. The van der Waals surface area contributed by atoms with Crippen molar-refractivity contribution in [3.8, 4) is 0 Å². The molecular weight excluding hydrogens is 264 g/mol. The molecule has 1 aromatic heterocycles. The largest absolute Gasteiger partial charge is 0.458 e. The normalized spacial score (nSPS) is 11.2. The lowest BCUT2D eigenvalue weighted by atomic mass is 10.2. The van der Waals surface area contributed by atoms with Crippen LogP contribution in [0.2, 0.25) is 0 Å². The van der Waals surface area contributed by atoms with Gasteiger partial charge in [0.05, 0.1) is 11.9 Å². The number of benzene rings is 1. The van der Waals surface area contributed by atoms with E-state index in [-0.39, 0.29) is 0 Å². The fourth-order valence-electron chi connectivity index (χ4n) is 2.16. The van der Waals surface area contributed by atoms with Gasteiger partial charge in [-0.2, -0.15) is 0 Å². The lowest BCUT2D eigenvalue weighted by Gasteiger charge is -2.20. The van der Waals surface area contributed by atoms with E-state index in [1.54, 1.807) is 13.3 Å². The van der Waals surface area contributed by atoms with Crippen molar-refractivity contribution in [1.82, 2.24) is 0 Å². The van der Waals surface area contributed by atoms with Gasteiger partial charge in [-0.1, -0.05) is 0 Å². The van der Waals surface area contributed by atoms with E-state index in [9.17, 15) is 0 Å². The van der Waals surface area contributed by atoms with E-state index in [1.807, 2.05) is 24.3 Å². The number of hydrogen-bond acceptors (Lipinski definition) is 4. The maximum absolute atomic E-state index is 5.56. The maximum atomic E-state index is 5.56. The summed E-state index contributed by atoms with van der Waals surface area (Å²) in [4.78, 5) is 6.73. The maximum Gasteiger partial charge on any atom is 0.145 e. The van der Waals surface area contributed by atoms with Gasteiger partial charge in [0, 0.05) is 25.9 Å². The Bertz CT molecular complexity index is 569. The van der Waals surface area contributed by atoms with Crippen LogP contribution in [0, 0.1) is 0 Å². The predicted octanol–water partition coefficient (Wildman–Crippen LogP) is 4.02. The van der Waals surface area contributed by atoms with Crippen molar-refractivity contribution in [1.29, 1.82) is 0 Å². The van der Waals surface area contributed by atoms with Crippen LogP contribution in [0.3, 0.4) is 0 Å². The summed E-state index contributed by atoms with van der Waals surface area (Å²) in [6.07, 6.45) is 1.73. The molecule has 0 atom stereocenters. The molecule has 0 saturated heterocycles. The second-order valence-corrected chi connectivity index (χ2v) is 4.68. The molecule has 0 saturated carbocycles. The molecule has 0 spiro atoms. The molecule has 4 heteroatoms. The molecule has 112 valence electrons. The average Bonchev–Trinajstić information content (AvgIpc) is 2.96. The number of ether oxygens (including phenoxy) is 1. The van der Waals surface area contributed by atoms with Gasteiger partial charge < -0.3 is 14.1 Å². The lowest BCUT2D eigenvalue weighted by molar-refractivity contribution is 0.164. The molecule has 4 nitrogen and oxygen atoms in total. The van der Waals surface area contributed by atoms with Crippen molar-refractivity contribution < 1.29 is 9.15 Å². The Balaban J connectivity index is 2.03. The standard InChI is InChI=1S/C17H22N2O2/c1-4-19(5-2)15-8-6-14(7-9-15)18-12-16-10-11-17(21-16)13-20-3/h6-12H,4-5,13H2,1-3H3. The van der Waals surface area contributed by atoms with Gasteiger partial charge in [0.25, 0.3) is 0 Å². The van der Waals surface area contributed by atoms with Gasteiger partial charge in [0.1, 0.15) is 18.1 Å². The molecule has 2 rings (SSSR count). The molecule has 0 aliphatic rings. The van der Waals surface area contributed by atoms with Crippen LogP contribution in [0.15, 0.2) is 45.8 Å². The molecule has 0 radical (unpaired) electrons. The molecule has 1 heterocycles. The molecule has 0 aliphatic carbocycles. The number of hydrogen-bond donors (Lipinski definition) is 0. The minimum Gasteiger partial charge on any atom is -0.458 e. The number of furan rings is 1. The van der Waals surface area contributed by atoms with E-state index in [0.29, 0.717) is 6.61 Å². The predicted molar refractivity (Wildman–Crippen MR) is 86.7 cm³/mol. The highest BCUT2D eigenvalue weighted by Crippen LogP contribution is 2.19. The summed E-state index contributed by atoms with van der Waals surface area (Å²) in [5.74, 6) is 1.53. The summed E-state index contributed by atoms with van der Waals surface area (Å²) in [7, 11) is 1.65. The number of rotatable bonds is 7. The van der Waals surface area contributed by atoms with Crippen molar-refractivity contribution in [3.63, 3.8) is 0 Å². The van der Waals surface area contributed by atoms with Crippen LogP contribution in [0.4, 0.5) is 11.4 Å². The summed E-state index contributed by atoms with van der Waals surface area (Å²) >= 11 is 0. The second kappa shape index (κ2) is 7.64. The van der Waals surface area contributed by atoms with E-state index in [4.69, 9.17) is 9.15 Å². The molecule has 0 aliphatic heterocycles. The topological polar surface area (TPSA) is 38.0 Å². The smallest absolute Gasteiger partial charge is 0.145 e. The number of anilines is 1. The van der Waals surface area contributed by atoms with Crippen LogP contribution >= 0.6 is 0 Å². The summed E-state index contributed by atoms with van der Waals surface area (Å²) in [5, 5.41) is 0. The Morgan fingerprint density at radius 3 is 2.43 bits per heavy atom. The van der Waals surface area contributed by atoms with Crippen LogP contribution in [0.5, 0.6) is 0 Å². The third-order valence-corrected chi connectivity index (χ3v) is 3.29. The van der Waals surface area contributed by atoms with Crippen LogP contribution in [0.1, 0.15) is 25.4 Å². The summed E-state index contributed by atoms with van der Waals surface area (Å²) < 4.78 is 10.6. The Hall–Kier alpha value is -2.07. The third kappa shape index (κ3) is 4.20. The van der Waals surface area contributed by atoms with Crippen LogP contribution in [-0.2, 0) is 11.3 Å². The molecule has 1 aromatic carbocycles. The van der Waals surface area contributed by atoms with Crippen molar-refractivity contribution in [2.75, 3.05) is 25.1 Å². The number of aliphatic imine (C=N–C) groups is 1.